The Bertz CT molecular complexity index is 810. The predicted molar refractivity (Wildman–Crippen MR) is 108 cm³/mol. The molecule has 3 rings (SSSR count). The number of para-hydroxylation sites is 1. The number of ether oxygens (including phenoxy) is 2. The van der Waals surface area contributed by atoms with E-state index in [1.807, 2.05) is 43.0 Å². The third-order valence-corrected chi connectivity index (χ3v) is 5.27. The summed E-state index contributed by atoms with van der Waals surface area (Å²) >= 11 is 0. The van der Waals surface area contributed by atoms with E-state index in [-0.39, 0.29) is 18.4 Å². The molecule has 2 N–H and O–H groups in total. The lowest BCUT2D eigenvalue weighted by atomic mass is 9.93. The molecule has 1 heterocycles. The Kier molecular flexibility index (Phi) is 5.71. The fourth-order valence-corrected chi connectivity index (χ4v) is 4.07. The third-order valence-electron chi connectivity index (χ3n) is 5.27. The summed E-state index contributed by atoms with van der Waals surface area (Å²) in [6.07, 6.45) is 2.16. The molecule has 144 valence electrons. The van der Waals surface area contributed by atoms with Crippen LogP contribution in [-0.4, -0.2) is 26.7 Å². The van der Waals surface area contributed by atoms with Crippen molar-refractivity contribution in [1.82, 2.24) is 0 Å². The molecule has 1 unspecified atom stereocenters. The number of carbonyl (C=O) groups is 1. The van der Waals surface area contributed by atoms with Gasteiger partial charge in [0.1, 0.15) is 11.5 Å². The predicted octanol–water partition coefficient (Wildman–Crippen LogP) is 3.69. The summed E-state index contributed by atoms with van der Waals surface area (Å²) in [5.41, 5.74) is 11.6. The highest BCUT2D eigenvalue weighted by atomic mass is 16.5. The monoisotopic (exact) mass is 368 g/mol. The molecular formula is C22H28N2O3. The van der Waals surface area contributed by atoms with Crippen molar-refractivity contribution in [2.45, 2.75) is 39.2 Å². The molecule has 1 atom stereocenters. The molecule has 2 aromatic carbocycles. The van der Waals surface area contributed by atoms with E-state index in [1.165, 1.54) is 0 Å². The van der Waals surface area contributed by atoms with Crippen LogP contribution in [0.25, 0.3) is 0 Å². The van der Waals surface area contributed by atoms with Gasteiger partial charge in [-0.1, -0.05) is 12.1 Å². The molecular weight excluding hydrogens is 340 g/mol. The van der Waals surface area contributed by atoms with Gasteiger partial charge in [0.05, 0.1) is 19.9 Å². The van der Waals surface area contributed by atoms with Gasteiger partial charge in [0.25, 0.3) is 0 Å². The minimum Gasteiger partial charge on any atom is -0.497 e. The van der Waals surface area contributed by atoms with Crippen molar-refractivity contribution >= 4 is 11.6 Å². The average Bonchev–Trinajstić information content (AvgIpc) is 2.66. The molecule has 2 aromatic rings. The van der Waals surface area contributed by atoms with Gasteiger partial charge in [-0.15, -0.1) is 0 Å². The fourth-order valence-electron chi connectivity index (χ4n) is 4.07. The molecule has 0 spiro atoms. The van der Waals surface area contributed by atoms with Gasteiger partial charge < -0.3 is 20.1 Å². The Morgan fingerprint density at radius 1 is 1.19 bits per heavy atom. The van der Waals surface area contributed by atoms with Gasteiger partial charge in [-0.3, -0.25) is 4.79 Å². The smallest absolute Gasteiger partial charge is 0.229 e. The summed E-state index contributed by atoms with van der Waals surface area (Å²) in [4.78, 5) is 15.0. The van der Waals surface area contributed by atoms with E-state index in [4.69, 9.17) is 15.2 Å². The summed E-state index contributed by atoms with van der Waals surface area (Å²) in [7, 11) is 3.29. The maximum atomic E-state index is 13.1. The van der Waals surface area contributed by atoms with Gasteiger partial charge in [-0.2, -0.15) is 0 Å². The number of amides is 1. The first-order valence-electron chi connectivity index (χ1n) is 9.33. The number of anilines is 1. The lowest BCUT2D eigenvalue weighted by Gasteiger charge is -2.32. The number of methoxy groups -OCH3 is 2. The zero-order chi connectivity index (χ0) is 19.6. The van der Waals surface area contributed by atoms with Gasteiger partial charge in [0.2, 0.25) is 5.91 Å². The Balaban J connectivity index is 1.85. The number of hydrogen-bond donors (Lipinski definition) is 1. The summed E-state index contributed by atoms with van der Waals surface area (Å²) in [6, 6.07) is 9.51. The first kappa shape index (κ1) is 19.2. The van der Waals surface area contributed by atoms with Crippen molar-refractivity contribution in [3.05, 3.63) is 52.6 Å². The van der Waals surface area contributed by atoms with E-state index < -0.39 is 0 Å². The minimum atomic E-state index is -0.358. The van der Waals surface area contributed by atoms with E-state index in [0.717, 1.165) is 52.3 Å². The van der Waals surface area contributed by atoms with Crippen molar-refractivity contribution in [2.75, 3.05) is 25.7 Å². The highest BCUT2D eigenvalue weighted by molar-refractivity contribution is 5.96. The Labute approximate surface area is 161 Å². The number of hydrogen-bond acceptors (Lipinski definition) is 4. The van der Waals surface area contributed by atoms with E-state index in [9.17, 15) is 4.79 Å². The lowest BCUT2D eigenvalue weighted by molar-refractivity contribution is -0.119. The molecule has 5 heteroatoms. The standard InChI is InChI=1S/C22H28N2O3/c1-14-11-17(26-3)12-15(2)21(14)18(23)13-20(25)24-10-6-8-16-7-5-9-19(27-4)22(16)24/h5,7,9,11-12,18H,6,8,10,13,23H2,1-4H3. The quantitative estimate of drug-likeness (QED) is 0.874. The summed E-state index contributed by atoms with van der Waals surface area (Å²) in [5, 5.41) is 0. The fraction of sp³-hybridized carbons (Fsp3) is 0.409. The molecule has 0 saturated carbocycles. The Morgan fingerprint density at radius 2 is 1.89 bits per heavy atom. The molecule has 1 amide bonds. The van der Waals surface area contributed by atoms with E-state index >= 15 is 0 Å². The summed E-state index contributed by atoms with van der Waals surface area (Å²) in [6.45, 7) is 4.71. The molecule has 0 fully saturated rings. The van der Waals surface area contributed by atoms with Gasteiger partial charge in [0, 0.05) is 19.0 Å². The third kappa shape index (κ3) is 3.78. The lowest BCUT2D eigenvalue weighted by Crippen LogP contribution is -2.37. The molecule has 0 radical (unpaired) electrons. The van der Waals surface area contributed by atoms with Crippen molar-refractivity contribution in [1.29, 1.82) is 0 Å². The van der Waals surface area contributed by atoms with Crippen LogP contribution in [0.3, 0.4) is 0 Å². The van der Waals surface area contributed by atoms with Crippen LogP contribution in [-0.2, 0) is 11.2 Å². The SMILES string of the molecule is COc1cc(C)c(C(N)CC(=O)N2CCCc3cccc(OC)c32)c(C)c1. The van der Waals surface area contributed by atoms with Crippen molar-refractivity contribution < 1.29 is 14.3 Å². The number of benzene rings is 2. The normalized spacial score (nSPS) is 14.5. The zero-order valence-corrected chi connectivity index (χ0v) is 16.5. The van der Waals surface area contributed by atoms with Gasteiger partial charge in [-0.25, -0.2) is 0 Å². The minimum absolute atomic E-state index is 0.0302. The molecule has 5 nitrogen and oxygen atoms in total. The molecule has 1 aliphatic rings. The van der Waals surface area contributed by atoms with Gasteiger partial charge in [0.15, 0.2) is 0 Å². The highest BCUT2D eigenvalue weighted by Crippen LogP contribution is 2.37. The number of aryl methyl sites for hydroxylation is 3. The Morgan fingerprint density at radius 3 is 2.52 bits per heavy atom. The maximum Gasteiger partial charge on any atom is 0.229 e. The molecule has 1 aliphatic heterocycles. The van der Waals surface area contributed by atoms with Gasteiger partial charge >= 0.3 is 0 Å². The number of fused-ring (bicyclic) bond motifs is 1. The molecule has 0 saturated heterocycles. The molecule has 0 aliphatic carbocycles. The van der Waals surface area contributed by atoms with Crippen LogP contribution in [0.15, 0.2) is 30.3 Å². The number of carbonyl (C=O) groups excluding carboxylic acids is 1. The largest absolute Gasteiger partial charge is 0.497 e. The number of nitrogens with zero attached hydrogens (tertiary/aromatic N) is 1. The van der Waals surface area contributed by atoms with Crippen molar-refractivity contribution in [3.63, 3.8) is 0 Å². The highest BCUT2D eigenvalue weighted by Gasteiger charge is 2.28. The first-order chi connectivity index (χ1) is 13.0. The zero-order valence-electron chi connectivity index (χ0n) is 16.5. The second-order valence-corrected chi connectivity index (χ2v) is 7.10. The van der Waals surface area contributed by atoms with Crippen LogP contribution >= 0.6 is 0 Å². The van der Waals surface area contributed by atoms with E-state index in [2.05, 4.69) is 6.07 Å². The Hall–Kier alpha value is -2.53. The van der Waals surface area contributed by atoms with Crippen LogP contribution in [0.1, 0.15) is 41.1 Å². The number of rotatable bonds is 5. The summed E-state index contributed by atoms with van der Waals surface area (Å²) in [5.74, 6) is 1.58. The molecule has 27 heavy (non-hydrogen) atoms. The van der Waals surface area contributed by atoms with Crippen molar-refractivity contribution in [2.24, 2.45) is 5.73 Å². The number of nitrogens with two attached hydrogens (primary N) is 1. The topological polar surface area (TPSA) is 64.8 Å². The average molecular weight is 368 g/mol. The van der Waals surface area contributed by atoms with Crippen molar-refractivity contribution in [3.8, 4) is 11.5 Å². The maximum absolute atomic E-state index is 13.1. The van der Waals surface area contributed by atoms with E-state index in [0.29, 0.717) is 6.54 Å². The first-order valence-corrected chi connectivity index (χ1v) is 9.33. The van der Waals surface area contributed by atoms with Gasteiger partial charge in [-0.05, 0) is 67.1 Å². The van der Waals surface area contributed by atoms with Crippen LogP contribution in [0.2, 0.25) is 0 Å². The van der Waals surface area contributed by atoms with Crippen LogP contribution in [0.5, 0.6) is 11.5 Å². The van der Waals surface area contributed by atoms with Crippen LogP contribution in [0.4, 0.5) is 5.69 Å². The molecule has 0 aromatic heterocycles. The molecule has 0 bridgehead atoms. The second-order valence-electron chi connectivity index (χ2n) is 7.10. The summed E-state index contributed by atoms with van der Waals surface area (Å²) < 4.78 is 10.8. The van der Waals surface area contributed by atoms with Crippen LogP contribution < -0.4 is 20.1 Å². The van der Waals surface area contributed by atoms with E-state index in [1.54, 1.807) is 14.2 Å². The van der Waals surface area contributed by atoms with Crippen LogP contribution in [0, 0.1) is 13.8 Å². The second kappa shape index (κ2) is 8.01.